The van der Waals surface area contributed by atoms with Gasteiger partial charge in [-0.1, -0.05) is 71.2 Å². The van der Waals surface area contributed by atoms with E-state index < -0.39 is 0 Å². The number of fused-ring (bicyclic) bond motifs is 1. The van der Waals surface area contributed by atoms with Crippen molar-refractivity contribution in [2.75, 3.05) is 5.43 Å². The molecule has 4 nitrogen and oxygen atoms in total. The van der Waals surface area contributed by atoms with Gasteiger partial charge in [-0.15, -0.1) is 0 Å². The number of nitrogens with one attached hydrogen (secondary N) is 1. The van der Waals surface area contributed by atoms with Crippen molar-refractivity contribution in [3.63, 3.8) is 0 Å². The Morgan fingerprint density at radius 1 is 0.897 bits per heavy atom. The first-order valence-electron chi connectivity index (χ1n) is 9.11. The third kappa shape index (κ3) is 4.24. The lowest BCUT2D eigenvalue weighted by molar-refractivity contribution is 1.18. The number of aromatic nitrogens is 2. The van der Waals surface area contributed by atoms with Crippen molar-refractivity contribution >= 4 is 45.6 Å². The van der Waals surface area contributed by atoms with E-state index in [-0.39, 0.29) is 0 Å². The van der Waals surface area contributed by atoms with Crippen molar-refractivity contribution in [3.8, 4) is 11.4 Å². The molecule has 1 heterocycles. The average Bonchev–Trinajstić information content (AvgIpc) is 2.74. The van der Waals surface area contributed by atoms with E-state index in [9.17, 15) is 0 Å². The Kier molecular flexibility index (Phi) is 5.47. The molecule has 0 aliphatic carbocycles. The summed E-state index contributed by atoms with van der Waals surface area (Å²) in [4.78, 5) is 9.43. The Hall–Kier alpha value is -2.95. The maximum Gasteiger partial charge on any atom is 0.162 e. The van der Waals surface area contributed by atoms with Crippen molar-refractivity contribution in [1.29, 1.82) is 0 Å². The summed E-state index contributed by atoms with van der Waals surface area (Å²) in [6.45, 7) is 3.95. The van der Waals surface area contributed by atoms with Crippen LogP contribution in [0, 0.1) is 6.92 Å². The Morgan fingerprint density at radius 2 is 1.66 bits per heavy atom. The summed E-state index contributed by atoms with van der Waals surface area (Å²) in [7, 11) is 0. The molecular formula is C23H18Cl2N4. The van der Waals surface area contributed by atoms with Crippen molar-refractivity contribution in [2.45, 2.75) is 13.8 Å². The van der Waals surface area contributed by atoms with Crippen LogP contribution in [0.5, 0.6) is 0 Å². The molecule has 0 amide bonds. The molecule has 0 fully saturated rings. The number of halogens is 2. The van der Waals surface area contributed by atoms with Crippen molar-refractivity contribution in [1.82, 2.24) is 9.97 Å². The van der Waals surface area contributed by atoms with Gasteiger partial charge in [0.05, 0.1) is 21.3 Å². The summed E-state index contributed by atoms with van der Waals surface area (Å²) >= 11 is 12.1. The van der Waals surface area contributed by atoms with E-state index >= 15 is 0 Å². The van der Waals surface area contributed by atoms with Gasteiger partial charge >= 0.3 is 0 Å². The van der Waals surface area contributed by atoms with Crippen LogP contribution in [-0.4, -0.2) is 15.7 Å². The minimum absolute atomic E-state index is 0.493. The topological polar surface area (TPSA) is 50.2 Å². The van der Waals surface area contributed by atoms with Crippen LogP contribution in [0.1, 0.15) is 18.1 Å². The molecule has 0 saturated carbocycles. The van der Waals surface area contributed by atoms with E-state index in [4.69, 9.17) is 33.2 Å². The van der Waals surface area contributed by atoms with E-state index in [0.717, 1.165) is 27.7 Å². The highest BCUT2D eigenvalue weighted by Gasteiger charge is 2.09. The van der Waals surface area contributed by atoms with E-state index in [1.165, 1.54) is 5.56 Å². The highest BCUT2D eigenvalue weighted by Crippen LogP contribution is 2.26. The number of para-hydroxylation sites is 1. The molecule has 4 rings (SSSR count). The molecule has 1 N–H and O–H groups in total. The largest absolute Gasteiger partial charge is 0.260 e. The molecule has 29 heavy (non-hydrogen) atoms. The molecule has 4 aromatic rings. The number of benzene rings is 3. The van der Waals surface area contributed by atoms with Gasteiger partial charge in [-0.2, -0.15) is 5.10 Å². The molecule has 3 aromatic carbocycles. The quantitative estimate of drug-likeness (QED) is 0.293. The molecule has 0 spiro atoms. The number of nitrogens with zero attached hydrogens (tertiary/aromatic N) is 3. The fourth-order valence-corrected chi connectivity index (χ4v) is 3.21. The summed E-state index contributed by atoms with van der Waals surface area (Å²) in [5, 5.41) is 6.41. The Morgan fingerprint density at radius 3 is 2.41 bits per heavy atom. The number of hydrogen-bond donors (Lipinski definition) is 1. The normalized spacial score (nSPS) is 11.7. The van der Waals surface area contributed by atoms with Crippen LogP contribution in [0.15, 0.2) is 71.8 Å². The summed E-state index contributed by atoms with van der Waals surface area (Å²) in [5.74, 6) is 1.29. The van der Waals surface area contributed by atoms with Gasteiger partial charge in [-0.05, 0) is 43.7 Å². The molecule has 0 bridgehead atoms. The summed E-state index contributed by atoms with van der Waals surface area (Å²) in [6.07, 6.45) is 0. The molecular weight excluding hydrogens is 403 g/mol. The third-order valence-electron chi connectivity index (χ3n) is 4.58. The SMILES string of the molecule is CC(=NNc1nc(-c2ccc(C)cc2)nc2ccccc12)c1ccc(Cl)c(Cl)c1. The molecule has 0 aliphatic heterocycles. The molecule has 144 valence electrons. The fourth-order valence-electron chi connectivity index (χ4n) is 2.92. The van der Waals surface area contributed by atoms with E-state index in [1.807, 2.05) is 61.5 Å². The third-order valence-corrected chi connectivity index (χ3v) is 5.32. The van der Waals surface area contributed by atoms with Gasteiger partial charge < -0.3 is 0 Å². The van der Waals surface area contributed by atoms with E-state index in [2.05, 4.69) is 17.5 Å². The predicted octanol–water partition coefficient (Wildman–Crippen LogP) is 6.75. The second-order valence-electron chi connectivity index (χ2n) is 6.72. The smallest absolute Gasteiger partial charge is 0.162 e. The van der Waals surface area contributed by atoms with Crippen LogP contribution in [0.25, 0.3) is 22.3 Å². The molecule has 0 atom stereocenters. The molecule has 0 radical (unpaired) electrons. The standard InChI is InChI=1S/C23H18Cl2N4/c1-14-7-9-16(10-8-14)22-26-21-6-4-3-5-18(21)23(27-22)29-28-15(2)17-11-12-19(24)20(25)13-17/h3-13H,1-2H3,(H,26,27,29). The molecule has 0 aliphatic rings. The zero-order chi connectivity index (χ0) is 20.4. The van der Waals surface area contributed by atoms with Gasteiger partial charge in [-0.3, -0.25) is 5.43 Å². The monoisotopic (exact) mass is 420 g/mol. The van der Waals surface area contributed by atoms with Gasteiger partial charge in [0.2, 0.25) is 0 Å². The van der Waals surface area contributed by atoms with Crippen molar-refractivity contribution in [3.05, 3.63) is 87.9 Å². The molecule has 1 aromatic heterocycles. The highest BCUT2D eigenvalue weighted by atomic mass is 35.5. The van der Waals surface area contributed by atoms with Crippen LogP contribution >= 0.6 is 23.2 Å². The number of rotatable bonds is 4. The molecule has 0 unspecified atom stereocenters. The van der Waals surface area contributed by atoms with Gasteiger partial charge in [-0.25, -0.2) is 9.97 Å². The van der Waals surface area contributed by atoms with Crippen molar-refractivity contribution in [2.24, 2.45) is 5.10 Å². The van der Waals surface area contributed by atoms with E-state index in [0.29, 0.717) is 21.7 Å². The van der Waals surface area contributed by atoms with E-state index in [1.54, 1.807) is 12.1 Å². The average molecular weight is 421 g/mol. The van der Waals surface area contributed by atoms with Gasteiger partial charge in [0.25, 0.3) is 0 Å². The second-order valence-corrected chi connectivity index (χ2v) is 7.53. The lowest BCUT2D eigenvalue weighted by atomic mass is 10.1. The van der Waals surface area contributed by atoms with Gasteiger partial charge in [0.15, 0.2) is 11.6 Å². The summed E-state index contributed by atoms with van der Waals surface area (Å²) < 4.78 is 0. The van der Waals surface area contributed by atoms with Crippen LogP contribution in [-0.2, 0) is 0 Å². The van der Waals surface area contributed by atoms with Crippen molar-refractivity contribution < 1.29 is 0 Å². The minimum atomic E-state index is 0.493. The first kappa shape index (κ1) is 19.4. The van der Waals surface area contributed by atoms with Crippen LogP contribution < -0.4 is 5.43 Å². The number of hydrazone groups is 1. The highest BCUT2D eigenvalue weighted by molar-refractivity contribution is 6.42. The number of aryl methyl sites for hydroxylation is 1. The lowest BCUT2D eigenvalue weighted by Gasteiger charge is -2.09. The zero-order valence-electron chi connectivity index (χ0n) is 15.9. The Bertz CT molecular complexity index is 1220. The lowest BCUT2D eigenvalue weighted by Crippen LogP contribution is -2.03. The first-order valence-corrected chi connectivity index (χ1v) is 9.86. The Labute approximate surface area is 179 Å². The van der Waals surface area contributed by atoms with Crippen LogP contribution in [0.4, 0.5) is 5.82 Å². The Balaban J connectivity index is 1.74. The fraction of sp³-hybridized carbons (Fsp3) is 0.0870. The zero-order valence-corrected chi connectivity index (χ0v) is 17.5. The molecule has 6 heteroatoms. The van der Waals surface area contributed by atoms with Gasteiger partial charge in [0.1, 0.15) is 0 Å². The minimum Gasteiger partial charge on any atom is -0.260 e. The number of hydrogen-bond acceptors (Lipinski definition) is 4. The molecule has 0 saturated heterocycles. The predicted molar refractivity (Wildman–Crippen MR) is 122 cm³/mol. The summed E-state index contributed by atoms with van der Waals surface area (Å²) in [6, 6.07) is 21.4. The summed E-state index contributed by atoms with van der Waals surface area (Å²) in [5.41, 5.74) is 7.74. The maximum absolute atomic E-state index is 6.12. The first-order chi connectivity index (χ1) is 14.0. The van der Waals surface area contributed by atoms with Crippen LogP contribution in [0.2, 0.25) is 10.0 Å². The van der Waals surface area contributed by atoms with Gasteiger partial charge in [0, 0.05) is 10.9 Å². The van der Waals surface area contributed by atoms with Crippen LogP contribution in [0.3, 0.4) is 0 Å². The number of anilines is 1. The maximum atomic E-state index is 6.12. The second kappa shape index (κ2) is 8.19.